The van der Waals surface area contributed by atoms with Crippen LogP contribution in [0.1, 0.15) is 143 Å². The van der Waals surface area contributed by atoms with Gasteiger partial charge in [0.2, 0.25) is 17.7 Å². The van der Waals surface area contributed by atoms with E-state index in [4.69, 9.17) is 11.5 Å². The third kappa shape index (κ3) is 15.6. The van der Waals surface area contributed by atoms with Crippen molar-refractivity contribution in [3.63, 3.8) is 0 Å². The van der Waals surface area contributed by atoms with E-state index in [1.807, 2.05) is 125 Å². The van der Waals surface area contributed by atoms with Gasteiger partial charge < -0.3 is 41.7 Å². The van der Waals surface area contributed by atoms with E-state index < -0.39 is 12.0 Å². The minimum absolute atomic E-state index is 0.0148. The van der Waals surface area contributed by atoms with E-state index >= 15 is 0 Å². The molecule has 0 bridgehead atoms. The second-order valence-electron chi connectivity index (χ2n) is 23.8. The Kier molecular flexibility index (Phi) is 21.7. The highest BCUT2D eigenvalue weighted by Crippen LogP contribution is 2.36. The molecule has 2 saturated carbocycles. The highest BCUT2D eigenvalue weighted by Gasteiger charge is 2.44. The average molecular weight is 1090 g/mol. The van der Waals surface area contributed by atoms with Crippen LogP contribution in [0.25, 0.3) is 11.1 Å². The zero-order valence-corrected chi connectivity index (χ0v) is 48.1. The minimum Gasteiger partial charge on any atom is -0.344 e. The number of carbonyl (C=O) groups excluding carboxylic acids is 6. The molecule has 2 aliphatic carbocycles. The fourth-order valence-electron chi connectivity index (χ4n) is 12.9. The SMILES string of the molecule is CC[C@@H](C)C(=O)N[C@H](C(=O)N1C[C@@H](N)C[C@H]1CN(CCc1ccccc1)C(=O)c1ccc(-c2ccc(C(=O)N(CCc3ccccc3)C[C@@H]3C[C@H](N)CN3C(=O)[C@@H](CC(=O)[C@H](C)NC)C3CCCCC3)cc2)cc1)C1CCCCC1. The molecule has 4 fully saturated rings. The summed E-state index contributed by atoms with van der Waals surface area (Å²) in [6.45, 7) is 8.01. The van der Waals surface area contributed by atoms with Crippen molar-refractivity contribution in [2.24, 2.45) is 35.1 Å². The first-order chi connectivity index (χ1) is 38.7. The van der Waals surface area contributed by atoms with Gasteiger partial charge in [-0.3, -0.25) is 28.8 Å². The van der Waals surface area contributed by atoms with Gasteiger partial charge in [0.15, 0.2) is 0 Å². The number of nitrogens with zero attached hydrogens (tertiary/aromatic N) is 4. The highest BCUT2D eigenvalue weighted by molar-refractivity contribution is 5.96. The molecular weight excluding hydrogens is 1000 g/mol. The molecule has 4 aromatic carbocycles. The standard InChI is InChI=1S/C66H90N8O6/c1-5-45(2)62(76)70-61(52-24-16-9-17-25-52)66(80)74-42-56(68)39-58(74)44-72(37-35-48-20-12-7-13-21-48)64(78)54-32-28-50(29-33-54)49-26-30-53(31-27-49)63(77)71(36-34-47-18-10-6-11-19-47)43-57-38-55(67)41-73(57)65(79)59(40-60(75)46(3)69-4)51-22-14-8-15-23-51/h6-7,10-13,18-21,26-33,45-46,51-52,55-59,61,69H,5,8-9,14-17,22-25,34-44,67-68H2,1-4H3,(H,70,76)/t45-,46+,55+,56+,57+,58+,59+,61+/m1/s1. The summed E-state index contributed by atoms with van der Waals surface area (Å²) < 4.78 is 0. The van der Waals surface area contributed by atoms with Crippen LogP contribution in [-0.4, -0.2) is 137 Å². The summed E-state index contributed by atoms with van der Waals surface area (Å²) in [4.78, 5) is 93.3. The molecule has 0 spiro atoms. The molecule has 14 nitrogen and oxygen atoms in total. The summed E-state index contributed by atoms with van der Waals surface area (Å²) in [7, 11) is 1.77. The van der Waals surface area contributed by atoms with Crippen molar-refractivity contribution >= 4 is 35.3 Å². The fraction of sp³-hybridized carbons (Fsp3) is 0.545. The van der Waals surface area contributed by atoms with E-state index in [1.54, 1.807) is 7.05 Å². The lowest BCUT2D eigenvalue weighted by Crippen LogP contribution is -2.56. The number of Topliss-reactive ketones (excluding diaryl/α,β-unsaturated/α-hetero) is 1. The predicted octanol–water partition coefficient (Wildman–Crippen LogP) is 8.45. The van der Waals surface area contributed by atoms with Crippen LogP contribution in [0.15, 0.2) is 109 Å². The number of nitrogens with two attached hydrogens (primary N) is 2. The number of likely N-dealkylation sites (N-methyl/N-ethyl adjacent to an activating group) is 1. The second-order valence-corrected chi connectivity index (χ2v) is 23.8. The van der Waals surface area contributed by atoms with Crippen LogP contribution in [0, 0.1) is 23.7 Å². The maximum atomic E-state index is 14.8. The van der Waals surface area contributed by atoms with Crippen molar-refractivity contribution in [3.05, 3.63) is 131 Å². The Hall–Kier alpha value is -6.22. The van der Waals surface area contributed by atoms with E-state index in [1.165, 1.54) is 0 Å². The number of likely N-dealkylation sites (tertiary alicyclic amines) is 2. The van der Waals surface area contributed by atoms with Crippen molar-refractivity contribution in [2.45, 2.75) is 160 Å². The van der Waals surface area contributed by atoms with Gasteiger partial charge in [0.05, 0.1) is 18.1 Å². The van der Waals surface area contributed by atoms with E-state index in [-0.39, 0.29) is 89.7 Å². The number of amides is 5. The first kappa shape index (κ1) is 59.9. The van der Waals surface area contributed by atoms with E-state index in [0.717, 1.165) is 86.5 Å². The summed E-state index contributed by atoms with van der Waals surface area (Å²) in [6.07, 6.45) is 13.3. The molecule has 4 aliphatic rings. The Morgan fingerprint density at radius 1 is 0.588 bits per heavy atom. The third-order valence-corrected chi connectivity index (χ3v) is 18.1. The lowest BCUT2D eigenvalue weighted by atomic mass is 9.76. The Morgan fingerprint density at radius 2 is 1.02 bits per heavy atom. The highest BCUT2D eigenvalue weighted by atomic mass is 16.2. The molecule has 2 heterocycles. The molecule has 430 valence electrons. The molecule has 2 saturated heterocycles. The van der Waals surface area contributed by atoms with Crippen LogP contribution in [-0.2, 0) is 32.0 Å². The van der Waals surface area contributed by atoms with Crippen LogP contribution < -0.4 is 22.1 Å². The lowest BCUT2D eigenvalue weighted by Gasteiger charge is -2.37. The third-order valence-electron chi connectivity index (χ3n) is 18.1. The van der Waals surface area contributed by atoms with Gasteiger partial charge in [0.1, 0.15) is 11.8 Å². The number of rotatable bonds is 24. The molecule has 8 atom stereocenters. The van der Waals surface area contributed by atoms with Gasteiger partial charge in [-0.05, 0) is 130 Å². The Morgan fingerprint density at radius 3 is 1.46 bits per heavy atom. The van der Waals surface area contributed by atoms with Gasteiger partial charge in [0, 0.05) is 80.7 Å². The topological polar surface area (TPSA) is 191 Å². The first-order valence-corrected chi connectivity index (χ1v) is 30.2. The van der Waals surface area contributed by atoms with Crippen LogP contribution in [0.2, 0.25) is 0 Å². The molecule has 0 aromatic heterocycles. The Labute approximate surface area is 476 Å². The van der Waals surface area contributed by atoms with Crippen LogP contribution in [0.5, 0.6) is 0 Å². The van der Waals surface area contributed by atoms with Gasteiger partial charge in [-0.1, -0.05) is 137 Å². The van der Waals surface area contributed by atoms with E-state index in [0.29, 0.717) is 82.5 Å². The zero-order valence-electron chi connectivity index (χ0n) is 48.1. The van der Waals surface area contributed by atoms with Gasteiger partial charge >= 0.3 is 0 Å². The molecule has 2 aliphatic heterocycles. The van der Waals surface area contributed by atoms with Crippen molar-refractivity contribution < 1.29 is 28.8 Å². The first-order valence-electron chi connectivity index (χ1n) is 30.2. The molecule has 0 unspecified atom stereocenters. The average Bonchev–Trinajstić information content (AvgIpc) is 4.07. The van der Waals surface area contributed by atoms with Crippen molar-refractivity contribution in [1.82, 2.24) is 30.2 Å². The number of hydrogen-bond acceptors (Lipinski definition) is 9. The lowest BCUT2D eigenvalue weighted by molar-refractivity contribution is -0.142. The Bertz CT molecular complexity index is 2480. The normalized spacial score (nSPS) is 21.3. The van der Waals surface area contributed by atoms with Crippen molar-refractivity contribution in [1.29, 1.82) is 0 Å². The maximum Gasteiger partial charge on any atom is 0.253 e. The smallest absolute Gasteiger partial charge is 0.253 e. The van der Waals surface area contributed by atoms with E-state index in [9.17, 15) is 28.8 Å². The number of nitrogens with one attached hydrogen (secondary N) is 2. The molecule has 5 amide bonds. The van der Waals surface area contributed by atoms with Crippen molar-refractivity contribution in [3.8, 4) is 11.1 Å². The van der Waals surface area contributed by atoms with Crippen LogP contribution >= 0.6 is 0 Å². The summed E-state index contributed by atoms with van der Waals surface area (Å²) >= 11 is 0. The van der Waals surface area contributed by atoms with E-state index in [2.05, 4.69) is 34.9 Å². The predicted molar refractivity (Wildman–Crippen MR) is 316 cm³/mol. The maximum absolute atomic E-state index is 14.8. The number of benzene rings is 4. The monoisotopic (exact) mass is 1090 g/mol. The van der Waals surface area contributed by atoms with Gasteiger partial charge in [-0.25, -0.2) is 0 Å². The summed E-state index contributed by atoms with van der Waals surface area (Å²) in [6, 6.07) is 33.2. The molecule has 14 heteroatoms. The molecular formula is C66H90N8O6. The summed E-state index contributed by atoms with van der Waals surface area (Å²) in [5.74, 6) is -0.883. The van der Waals surface area contributed by atoms with Crippen molar-refractivity contribution in [2.75, 3.05) is 46.3 Å². The van der Waals surface area contributed by atoms with Gasteiger partial charge in [-0.2, -0.15) is 0 Å². The molecule has 4 aromatic rings. The van der Waals surface area contributed by atoms with Crippen LogP contribution in [0.4, 0.5) is 0 Å². The quantitative estimate of drug-likeness (QED) is 0.0533. The number of ketones is 1. The van der Waals surface area contributed by atoms with Gasteiger partial charge in [-0.15, -0.1) is 0 Å². The summed E-state index contributed by atoms with van der Waals surface area (Å²) in [5, 5.41) is 6.25. The number of hydrogen-bond donors (Lipinski definition) is 4. The van der Waals surface area contributed by atoms with Crippen LogP contribution in [0.3, 0.4) is 0 Å². The largest absolute Gasteiger partial charge is 0.344 e. The molecule has 0 radical (unpaired) electrons. The minimum atomic E-state index is -0.628. The molecule has 6 N–H and O–H groups in total. The Balaban J connectivity index is 0.986. The second kappa shape index (κ2) is 29.0. The molecule has 80 heavy (non-hydrogen) atoms. The van der Waals surface area contributed by atoms with Gasteiger partial charge in [0.25, 0.3) is 11.8 Å². The zero-order chi connectivity index (χ0) is 56.7. The number of carbonyl (C=O) groups is 6. The summed E-state index contributed by atoms with van der Waals surface area (Å²) in [5.41, 5.74) is 18.3. The fourth-order valence-corrected chi connectivity index (χ4v) is 12.9. The molecule has 8 rings (SSSR count).